The van der Waals surface area contributed by atoms with E-state index in [0.717, 1.165) is 10.5 Å². The second kappa shape index (κ2) is 5.99. The van der Waals surface area contributed by atoms with Gasteiger partial charge in [0.05, 0.1) is 25.7 Å². The number of nitrogens with one attached hydrogen (secondary N) is 1. The van der Waals surface area contributed by atoms with Crippen LogP contribution in [-0.4, -0.2) is 71.7 Å². The van der Waals surface area contributed by atoms with Gasteiger partial charge in [-0.15, -0.1) is 0 Å². The number of fused-ring (bicyclic) bond motifs is 1. The molecule has 3 heterocycles. The van der Waals surface area contributed by atoms with E-state index >= 15 is 0 Å². The van der Waals surface area contributed by atoms with Crippen molar-refractivity contribution in [1.82, 2.24) is 20.0 Å². The summed E-state index contributed by atoms with van der Waals surface area (Å²) in [7, 11) is 3.01. The van der Waals surface area contributed by atoms with Gasteiger partial charge in [-0.25, -0.2) is 9.79 Å². The zero-order valence-corrected chi connectivity index (χ0v) is 13.7. The third-order valence-corrected chi connectivity index (χ3v) is 4.32. The van der Waals surface area contributed by atoms with Gasteiger partial charge in [0, 0.05) is 14.1 Å². The third-order valence-electron chi connectivity index (χ3n) is 4.32. The van der Waals surface area contributed by atoms with Crippen molar-refractivity contribution in [2.45, 2.75) is 25.7 Å². The van der Waals surface area contributed by atoms with Gasteiger partial charge in [0.25, 0.3) is 5.91 Å². The van der Waals surface area contributed by atoms with E-state index in [4.69, 9.17) is 4.42 Å². The van der Waals surface area contributed by atoms with E-state index in [1.165, 1.54) is 18.3 Å². The van der Waals surface area contributed by atoms with Crippen LogP contribution in [0.3, 0.4) is 0 Å². The summed E-state index contributed by atoms with van der Waals surface area (Å²) >= 11 is 0. The lowest BCUT2D eigenvalue weighted by Gasteiger charge is -2.39. The van der Waals surface area contributed by atoms with Crippen LogP contribution in [0.15, 0.2) is 21.7 Å². The Kier molecular flexibility index (Phi) is 4.00. The molecule has 0 aromatic carbocycles. The number of rotatable bonds is 4. The highest BCUT2D eigenvalue weighted by Gasteiger charge is 2.48. The van der Waals surface area contributed by atoms with Crippen molar-refractivity contribution >= 4 is 24.2 Å². The molecule has 0 bridgehead atoms. The SMILES string of the molecule is Cc1ccoc1CNC(=O)CN1C=NC2C1C(=O)N(C)C(=O)N2C. The van der Waals surface area contributed by atoms with Gasteiger partial charge in [-0.1, -0.05) is 0 Å². The number of furan rings is 1. The van der Waals surface area contributed by atoms with E-state index in [0.29, 0.717) is 5.76 Å². The van der Waals surface area contributed by atoms with Crippen LogP contribution in [0.5, 0.6) is 0 Å². The minimum atomic E-state index is -0.672. The van der Waals surface area contributed by atoms with Crippen molar-refractivity contribution in [3.05, 3.63) is 23.7 Å². The molecule has 2 atom stereocenters. The summed E-state index contributed by atoms with van der Waals surface area (Å²) in [4.78, 5) is 44.6. The molecular formula is C15H19N5O4. The molecule has 9 heteroatoms. The van der Waals surface area contributed by atoms with Crippen molar-refractivity contribution in [2.75, 3.05) is 20.6 Å². The fourth-order valence-electron chi connectivity index (χ4n) is 2.83. The zero-order valence-electron chi connectivity index (χ0n) is 13.7. The number of aryl methyl sites for hydroxylation is 1. The number of carbonyl (C=O) groups excluding carboxylic acids is 3. The van der Waals surface area contributed by atoms with Crippen LogP contribution in [0.25, 0.3) is 0 Å². The monoisotopic (exact) mass is 333 g/mol. The molecule has 0 spiro atoms. The average molecular weight is 333 g/mol. The quantitative estimate of drug-likeness (QED) is 0.820. The van der Waals surface area contributed by atoms with Gasteiger partial charge < -0.3 is 19.5 Å². The van der Waals surface area contributed by atoms with Crippen LogP contribution in [0.2, 0.25) is 0 Å². The number of urea groups is 1. The standard InChI is InChI=1S/C15H19N5O4/c1-9-4-5-24-10(9)6-16-11(21)7-20-8-17-13-12(20)14(22)19(3)15(23)18(13)2/h4-5,8,12-13H,6-7H2,1-3H3,(H,16,21). The molecule has 128 valence electrons. The number of imide groups is 1. The number of likely N-dealkylation sites (N-methyl/N-ethyl adjacent to an activating group) is 2. The maximum atomic E-state index is 12.4. The molecule has 1 saturated heterocycles. The van der Waals surface area contributed by atoms with Crippen molar-refractivity contribution in [2.24, 2.45) is 4.99 Å². The molecule has 2 aliphatic rings. The number of amides is 4. The topological polar surface area (TPSA) is 98.5 Å². The van der Waals surface area contributed by atoms with E-state index in [1.807, 2.05) is 13.0 Å². The Morgan fingerprint density at radius 3 is 2.79 bits per heavy atom. The summed E-state index contributed by atoms with van der Waals surface area (Å²) < 4.78 is 5.27. The van der Waals surface area contributed by atoms with Gasteiger partial charge in [0.1, 0.15) is 5.76 Å². The minimum absolute atomic E-state index is 0.0218. The van der Waals surface area contributed by atoms with Crippen LogP contribution in [0, 0.1) is 6.92 Å². The summed E-state index contributed by atoms with van der Waals surface area (Å²) in [5.74, 6) is 0.0679. The van der Waals surface area contributed by atoms with Gasteiger partial charge in [0.15, 0.2) is 12.2 Å². The van der Waals surface area contributed by atoms with Crippen LogP contribution >= 0.6 is 0 Å². The molecule has 3 rings (SSSR count). The first-order valence-electron chi connectivity index (χ1n) is 7.53. The number of aliphatic imine (C=N–C) groups is 1. The van der Waals surface area contributed by atoms with E-state index in [2.05, 4.69) is 10.3 Å². The predicted octanol–water partition coefficient (Wildman–Crippen LogP) is -0.233. The molecule has 2 unspecified atom stereocenters. The fraction of sp³-hybridized carbons (Fsp3) is 0.467. The molecule has 1 aromatic rings. The highest BCUT2D eigenvalue weighted by atomic mass is 16.3. The molecule has 24 heavy (non-hydrogen) atoms. The number of hydrogen-bond acceptors (Lipinski definition) is 6. The molecule has 2 aliphatic heterocycles. The molecule has 0 radical (unpaired) electrons. The smallest absolute Gasteiger partial charge is 0.328 e. The summed E-state index contributed by atoms with van der Waals surface area (Å²) in [5, 5.41) is 2.75. The van der Waals surface area contributed by atoms with E-state index in [9.17, 15) is 14.4 Å². The van der Waals surface area contributed by atoms with Gasteiger partial charge in [0.2, 0.25) is 5.91 Å². The van der Waals surface area contributed by atoms with Crippen molar-refractivity contribution in [3.63, 3.8) is 0 Å². The Morgan fingerprint density at radius 1 is 1.38 bits per heavy atom. The van der Waals surface area contributed by atoms with Crippen LogP contribution < -0.4 is 5.32 Å². The normalized spacial score (nSPS) is 23.0. The summed E-state index contributed by atoms with van der Waals surface area (Å²) in [5.41, 5.74) is 0.960. The fourth-order valence-corrected chi connectivity index (χ4v) is 2.83. The Balaban J connectivity index is 1.62. The molecule has 9 nitrogen and oxygen atoms in total. The summed E-state index contributed by atoms with van der Waals surface area (Å²) in [6.07, 6.45) is 2.42. The van der Waals surface area contributed by atoms with Crippen molar-refractivity contribution in [3.8, 4) is 0 Å². The largest absolute Gasteiger partial charge is 0.467 e. The molecule has 1 N–H and O–H groups in total. The first-order valence-corrected chi connectivity index (χ1v) is 7.53. The van der Waals surface area contributed by atoms with Gasteiger partial charge in [-0.05, 0) is 18.6 Å². The first kappa shape index (κ1) is 16.0. The van der Waals surface area contributed by atoms with E-state index in [1.54, 1.807) is 18.2 Å². The Hall–Kier alpha value is -2.84. The lowest BCUT2D eigenvalue weighted by atomic mass is 10.1. The number of hydrogen-bond donors (Lipinski definition) is 1. The molecule has 1 aromatic heterocycles. The molecular weight excluding hydrogens is 314 g/mol. The lowest BCUT2D eigenvalue weighted by molar-refractivity contribution is -0.136. The summed E-state index contributed by atoms with van der Waals surface area (Å²) in [6, 6.07) is 0.745. The average Bonchev–Trinajstić information content (AvgIpc) is 3.15. The highest BCUT2D eigenvalue weighted by Crippen LogP contribution is 2.24. The lowest BCUT2D eigenvalue weighted by Crippen LogP contribution is -2.64. The maximum absolute atomic E-state index is 12.4. The molecule has 0 saturated carbocycles. The summed E-state index contributed by atoms with van der Waals surface area (Å²) in [6.45, 7) is 2.15. The molecule has 4 amide bonds. The minimum Gasteiger partial charge on any atom is -0.467 e. The van der Waals surface area contributed by atoms with Crippen LogP contribution in [0.1, 0.15) is 11.3 Å². The number of nitrogens with zero attached hydrogens (tertiary/aromatic N) is 4. The maximum Gasteiger partial charge on any atom is 0.328 e. The first-order chi connectivity index (χ1) is 11.4. The van der Waals surface area contributed by atoms with E-state index in [-0.39, 0.29) is 24.9 Å². The van der Waals surface area contributed by atoms with Crippen LogP contribution in [0.4, 0.5) is 4.79 Å². The Morgan fingerprint density at radius 2 is 2.12 bits per heavy atom. The second-order valence-corrected chi connectivity index (χ2v) is 5.89. The predicted molar refractivity (Wildman–Crippen MR) is 84.0 cm³/mol. The van der Waals surface area contributed by atoms with Crippen LogP contribution in [-0.2, 0) is 16.1 Å². The third kappa shape index (κ3) is 2.61. The van der Waals surface area contributed by atoms with Gasteiger partial charge in [-0.2, -0.15) is 0 Å². The van der Waals surface area contributed by atoms with Crippen molar-refractivity contribution in [1.29, 1.82) is 0 Å². The van der Waals surface area contributed by atoms with Gasteiger partial charge >= 0.3 is 6.03 Å². The Bertz CT molecular complexity index is 712. The Labute approximate surface area is 138 Å². The second-order valence-electron chi connectivity index (χ2n) is 5.89. The van der Waals surface area contributed by atoms with Crippen molar-refractivity contribution < 1.29 is 18.8 Å². The molecule has 0 aliphatic carbocycles. The van der Waals surface area contributed by atoms with E-state index < -0.39 is 18.2 Å². The molecule has 1 fully saturated rings. The number of carbonyl (C=O) groups is 3. The zero-order chi connectivity index (χ0) is 17.4. The highest BCUT2D eigenvalue weighted by molar-refractivity contribution is 6.02. The van der Waals surface area contributed by atoms with Gasteiger partial charge in [-0.3, -0.25) is 14.5 Å².